The summed E-state index contributed by atoms with van der Waals surface area (Å²) < 4.78 is 0. The molecule has 0 radical (unpaired) electrons. The molecule has 0 aliphatic rings. The van der Waals surface area contributed by atoms with E-state index in [0.29, 0.717) is 0 Å². The van der Waals surface area contributed by atoms with Crippen LogP contribution in [-0.2, 0) is 9.59 Å². The van der Waals surface area contributed by atoms with E-state index in [1.165, 1.54) is 0 Å². The van der Waals surface area contributed by atoms with Crippen molar-refractivity contribution in [2.75, 3.05) is 0 Å². The second kappa shape index (κ2) is 5.21. The van der Waals surface area contributed by atoms with Crippen molar-refractivity contribution in [1.82, 2.24) is 0 Å². The fourth-order valence-electron chi connectivity index (χ4n) is 0.443. The summed E-state index contributed by atoms with van der Waals surface area (Å²) in [6, 6.07) is 0. The molecule has 0 aliphatic carbocycles. The molecular weight excluding hydrogens is 179 g/mol. The molecule has 0 aromatic heterocycles. The van der Waals surface area contributed by atoms with Gasteiger partial charge in [0.15, 0.2) is 0 Å². The predicted octanol–water partition coefficient (Wildman–Crippen LogP) is -6.74. The molecule has 13 heavy (non-hydrogen) atoms. The van der Waals surface area contributed by atoms with E-state index >= 15 is 0 Å². The number of rotatable bonds is 4. The maximum atomic E-state index is 9.97. The van der Waals surface area contributed by atoms with E-state index in [-0.39, 0.29) is 18.9 Å². The Balaban J connectivity index is 0. The molecule has 0 spiro atoms. The first-order chi connectivity index (χ1) is 5.28. The topological polar surface area (TPSA) is 138 Å². The van der Waals surface area contributed by atoms with Crippen LogP contribution in [0.3, 0.4) is 0 Å². The summed E-state index contributed by atoms with van der Waals surface area (Å²) in [6.45, 7) is 0. The Hall–Kier alpha value is -0.583. The maximum absolute atomic E-state index is 9.97. The van der Waals surface area contributed by atoms with Crippen molar-refractivity contribution >= 4 is 11.9 Å². The number of carboxylic acids is 2. The van der Waals surface area contributed by atoms with Crippen molar-refractivity contribution in [3.8, 4) is 0 Å². The molecule has 70 valence electrons. The molecule has 0 aromatic rings. The molecule has 0 bridgehead atoms. The van der Waals surface area contributed by atoms with E-state index in [4.69, 9.17) is 20.4 Å². The molecule has 0 amide bonds. The van der Waals surface area contributed by atoms with Gasteiger partial charge in [0, 0.05) is 12.4 Å². The van der Waals surface area contributed by atoms with Crippen LogP contribution < -0.4 is 24.0 Å². The molecule has 1 atom stereocenters. The Morgan fingerprint density at radius 2 is 1.77 bits per heavy atom. The number of aliphatic hydroxyl groups excluding tert-OH is 1. The molecule has 0 rings (SSSR count). The normalized spacial score (nSPS) is 12.8. The third-order valence-electron chi connectivity index (χ3n) is 1.14. The van der Waals surface area contributed by atoms with Crippen LogP contribution >= 0.6 is 0 Å². The van der Waals surface area contributed by atoms with Gasteiger partial charge < -0.3 is 30.3 Å². The number of aliphatic hydroxyl groups is 3. The summed E-state index contributed by atoms with van der Waals surface area (Å²) in [7, 11) is 0. The fraction of sp³-hybridized carbons (Fsp3) is 0.600. The molecule has 0 heterocycles. The van der Waals surface area contributed by atoms with E-state index in [1.54, 1.807) is 0 Å². The molecule has 0 aromatic carbocycles. The van der Waals surface area contributed by atoms with Gasteiger partial charge in [-0.15, -0.1) is 0 Å². The van der Waals surface area contributed by atoms with Crippen LogP contribution in [0.4, 0.5) is 0 Å². The predicted molar refractivity (Wildman–Crippen MR) is 30.4 cm³/mol. The second-order valence-corrected chi connectivity index (χ2v) is 2.12. The quantitative estimate of drug-likeness (QED) is 0.253. The average molecular weight is 186 g/mol. The molecular formula is C5H7LiO7. The summed E-state index contributed by atoms with van der Waals surface area (Å²) in [5.41, 5.74) is 0. The van der Waals surface area contributed by atoms with Gasteiger partial charge in [-0.25, -0.2) is 4.79 Å². The standard InChI is InChI=1S/C5H8O7.Li/c6-2(1-3(7)8)5(11,12)4(9)10;/h2,6,11-12H,1H2,(H,7,8)(H,9,10);/q;+1/p-1. The first-order valence-corrected chi connectivity index (χ1v) is 2.84. The first kappa shape index (κ1) is 14.9. The maximum Gasteiger partial charge on any atom is 1.00 e. The number of aliphatic carboxylic acids is 2. The molecule has 7 nitrogen and oxygen atoms in total. The van der Waals surface area contributed by atoms with Crippen LogP contribution in [0.15, 0.2) is 0 Å². The van der Waals surface area contributed by atoms with Crippen LogP contribution in [0.5, 0.6) is 0 Å². The van der Waals surface area contributed by atoms with Gasteiger partial charge in [0.25, 0.3) is 5.79 Å². The van der Waals surface area contributed by atoms with Gasteiger partial charge in [-0.3, -0.25) is 0 Å². The average Bonchev–Trinajstić information content (AvgIpc) is 1.85. The summed E-state index contributed by atoms with van der Waals surface area (Å²) in [5.74, 6) is -7.37. The summed E-state index contributed by atoms with van der Waals surface area (Å²) in [5, 5.41) is 43.5. The Bertz CT molecular complexity index is 201. The Morgan fingerprint density at radius 3 is 2.00 bits per heavy atom. The fourth-order valence-corrected chi connectivity index (χ4v) is 0.443. The molecule has 0 saturated heterocycles. The number of hydrogen-bond acceptors (Lipinski definition) is 6. The summed E-state index contributed by atoms with van der Waals surface area (Å²) >= 11 is 0. The van der Waals surface area contributed by atoms with Gasteiger partial charge in [-0.05, 0) is 0 Å². The zero-order valence-corrected chi connectivity index (χ0v) is 6.80. The number of carboxylic acid groups (broad SMARTS) is 2. The zero-order chi connectivity index (χ0) is 9.94. The third-order valence-corrected chi connectivity index (χ3v) is 1.14. The summed E-state index contributed by atoms with van der Waals surface area (Å²) in [6.07, 6.45) is -3.49. The number of carbonyl (C=O) groups excluding carboxylic acids is 1. The van der Waals surface area contributed by atoms with E-state index < -0.39 is 30.3 Å². The first-order valence-electron chi connectivity index (χ1n) is 2.84. The molecule has 8 heteroatoms. The minimum atomic E-state index is -3.46. The number of carbonyl (C=O) groups is 2. The van der Waals surface area contributed by atoms with Crippen molar-refractivity contribution < 1.29 is 54.0 Å². The van der Waals surface area contributed by atoms with E-state index in [1.807, 2.05) is 0 Å². The Morgan fingerprint density at radius 1 is 1.38 bits per heavy atom. The van der Waals surface area contributed by atoms with Crippen LogP contribution in [0.25, 0.3) is 0 Å². The second-order valence-electron chi connectivity index (χ2n) is 2.12. The summed E-state index contributed by atoms with van der Waals surface area (Å²) in [4.78, 5) is 19.8. The molecule has 1 unspecified atom stereocenters. The smallest absolute Gasteiger partial charge is 0.550 e. The molecule has 0 aliphatic heterocycles. The van der Waals surface area contributed by atoms with E-state index in [2.05, 4.69) is 0 Å². The Kier molecular flexibility index (Phi) is 5.98. The molecule has 4 N–H and O–H groups in total. The van der Waals surface area contributed by atoms with Crippen molar-refractivity contribution in [2.24, 2.45) is 0 Å². The van der Waals surface area contributed by atoms with Crippen molar-refractivity contribution in [1.29, 1.82) is 0 Å². The van der Waals surface area contributed by atoms with E-state index in [9.17, 15) is 14.7 Å². The van der Waals surface area contributed by atoms with Gasteiger partial charge in [-0.2, -0.15) is 0 Å². The molecule has 0 fully saturated rings. The monoisotopic (exact) mass is 186 g/mol. The number of hydrogen-bond donors (Lipinski definition) is 4. The van der Waals surface area contributed by atoms with Gasteiger partial charge in [-0.1, -0.05) is 0 Å². The van der Waals surface area contributed by atoms with Crippen molar-refractivity contribution in [2.45, 2.75) is 18.3 Å². The largest absolute Gasteiger partial charge is 1.00 e. The van der Waals surface area contributed by atoms with Crippen molar-refractivity contribution in [3.05, 3.63) is 0 Å². The Labute approximate surface area is 84.8 Å². The van der Waals surface area contributed by atoms with Crippen LogP contribution in [0, 0.1) is 0 Å². The molecule has 0 saturated carbocycles. The van der Waals surface area contributed by atoms with Crippen molar-refractivity contribution in [3.63, 3.8) is 0 Å². The minimum absolute atomic E-state index is 0. The zero-order valence-electron chi connectivity index (χ0n) is 6.80. The van der Waals surface area contributed by atoms with Crippen LogP contribution in [-0.4, -0.2) is 44.3 Å². The van der Waals surface area contributed by atoms with E-state index in [0.717, 1.165) is 0 Å². The van der Waals surface area contributed by atoms with Gasteiger partial charge in [0.05, 0.1) is 0 Å². The van der Waals surface area contributed by atoms with Gasteiger partial charge in [0.1, 0.15) is 6.10 Å². The van der Waals surface area contributed by atoms with Crippen LogP contribution in [0.1, 0.15) is 6.42 Å². The SMILES string of the molecule is O=C([O-])CC(O)C(O)(O)C(=O)O.[Li+]. The third kappa shape index (κ3) is 4.26. The van der Waals surface area contributed by atoms with Crippen LogP contribution in [0.2, 0.25) is 0 Å². The van der Waals surface area contributed by atoms with Gasteiger partial charge >= 0.3 is 24.8 Å². The minimum Gasteiger partial charge on any atom is -0.550 e. The van der Waals surface area contributed by atoms with Gasteiger partial charge in [0.2, 0.25) is 0 Å².